The highest BCUT2D eigenvalue weighted by molar-refractivity contribution is 5.87. The van der Waals surface area contributed by atoms with Crippen LogP contribution in [-0.2, 0) is 18.2 Å². The Bertz CT molecular complexity index is 331. The number of carbonyl (C=O) groups excluding carboxylic acids is 1. The standard InChI is InChI=1S/C9H14N2O3/c1-6(12)4-7-5-8(9(13)14-3)10-11(7)2/h5-6,12H,4H2,1-3H3/t6-/m0/s1. The van der Waals surface area contributed by atoms with E-state index in [4.69, 9.17) is 0 Å². The first kappa shape index (κ1) is 10.7. The fourth-order valence-corrected chi connectivity index (χ4v) is 1.20. The van der Waals surface area contributed by atoms with E-state index in [0.29, 0.717) is 6.42 Å². The van der Waals surface area contributed by atoms with Crippen molar-refractivity contribution in [3.05, 3.63) is 17.5 Å². The van der Waals surface area contributed by atoms with E-state index in [-0.39, 0.29) is 5.69 Å². The van der Waals surface area contributed by atoms with Gasteiger partial charge in [0.2, 0.25) is 0 Å². The summed E-state index contributed by atoms with van der Waals surface area (Å²) in [6.07, 6.45) is 0.0245. The van der Waals surface area contributed by atoms with Crippen LogP contribution >= 0.6 is 0 Å². The van der Waals surface area contributed by atoms with Gasteiger partial charge >= 0.3 is 5.97 Å². The molecule has 0 aliphatic heterocycles. The molecule has 1 heterocycles. The molecule has 1 atom stereocenters. The van der Waals surface area contributed by atoms with Gasteiger partial charge in [0.05, 0.1) is 13.2 Å². The Kier molecular flexibility index (Phi) is 3.24. The van der Waals surface area contributed by atoms with Crippen molar-refractivity contribution in [2.24, 2.45) is 7.05 Å². The average molecular weight is 198 g/mol. The first-order chi connectivity index (χ1) is 6.54. The lowest BCUT2D eigenvalue weighted by atomic mass is 10.2. The zero-order valence-corrected chi connectivity index (χ0v) is 8.52. The monoisotopic (exact) mass is 198 g/mol. The highest BCUT2D eigenvalue weighted by atomic mass is 16.5. The first-order valence-electron chi connectivity index (χ1n) is 4.34. The first-order valence-corrected chi connectivity index (χ1v) is 4.34. The van der Waals surface area contributed by atoms with Gasteiger partial charge in [-0.25, -0.2) is 4.79 Å². The summed E-state index contributed by atoms with van der Waals surface area (Å²) in [5.41, 5.74) is 1.08. The lowest BCUT2D eigenvalue weighted by Gasteiger charge is -2.02. The number of aromatic nitrogens is 2. The molecule has 0 fully saturated rings. The fraction of sp³-hybridized carbons (Fsp3) is 0.556. The number of esters is 1. The molecular weight excluding hydrogens is 184 g/mol. The molecule has 0 saturated carbocycles. The average Bonchev–Trinajstić information content (AvgIpc) is 2.46. The Labute approximate surface area is 82.3 Å². The third-order valence-corrected chi connectivity index (χ3v) is 1.88. The molecule has 0 saturated heterocycles. The SMILES string of the molecule is COC(=O)c1cc(C[C@H](C)O)n(C)n1. The molecule has 0 aromatic carbocycles. The number of methoxy groups -OCH3 is 1. The Morgan fingerprint density at radius 3 is 2.93 bits per heavy atom. The number of aliphatic hydroxyl groups excluding tert-OH is 1. The second-order valence-electron chi connectivity index (χ2n) is 3.19. The summed E-state index contributed by atoms with van der Waals surface area (Å²) >= 11 is 0. The highest BCUT2D eigenvalue weighted by Gasteiger charge is 2.13. The third-order valence-electron chi connectivity index (χ3n) is 1.88. The number of hydrogen-bond acceptors (Lipinski definition) is 4. The van der Waals surface area contributed by atoms with Crippen LogP contribution in [0.15, 0.2) is 6.07 Å². The number of aryl methyl sites for hydroxylation is 1. The van der Waals surface area contributed by atoms with Crippen LogP contribution in [-0.4, -0.2) is 34.1 Å². The summed E-state index contributed by atoms with van der Waals surface area (Å²) in [6.45, 7) is 1.69. The summed E-state index contributed by atoms with van der Waals surface area (Å²) in [4.78, 5) is 11.1. The maximum atomic E-state index is 11.1. The molecule has 1 N–H and O–H groups in total. The zero-order valence-electron chi connectivity index (χ0n) is 8.52. The summed E-state index contributed by atoms with van der Waals surface area (Å²) in [7, 11) is 3.04. The molecule has 0 bridgehead atoms. The van der Waals surface area contributed by atoms with Gasteiger partial charge < -0.3 is 9.84 Å². The minimum absolute atomic E-state index is 0.269. The molecule has 5 heteroatoms. The van der Waals surface area contributed by atoms with Crippen molar-refractivity contribution in [1.29, 1.82) is 0 Å². The quantitative estimate of drug-likeness (QED) is 0.701. The van der Waals surface area contributed by atoms with Crippen LogP contribution in [0, 0.1) is 0 Å². The van der Waals surface area contributed by atoms with E-state index >= 15 is 0 Å². The summed E-state index contributed by atoms with van der Waals surface area (Å²) < 4.78 is 6.10. The van der Waals surface area contributed by atoms with Crippen LogP contribution in [0.25, 0.3) is 0 Å². The number of carbonyl (C=O) groups is 1. The third kappa shape index (κ3) is 2.32. The molecule has 1 aromatic rings. The van der Waals surface area contributed by atoms with E-state index in [1.165, 1.54) is 7.11 Å². The summed E-state index contributed by atoms with van der Waals surface area (Å²) in [5.74, 6) is -0.461. The molecular formula is C9H14N2O3. The van der Waals surface area contributed by atoms with E-state index < -0.39 is 12.1 Å². The molecule has 0 amide bonds. The van der Waals surface area contributed by atoms with Crippen molar-refractivity contribution >= 4 is 5.97 Å². The van der Waals surface area contributed by atoms with Gasteiger partial charge in [-0.05, 0) is 13.0 Å². The fourth-order valence-electron chi connectivity index (χ4n) is 1.20. The maximum Gasteiger partial charge on any atom is 0.358 e. The minimum Gasteiger partial charge on any atom is -0.464 e. The van der Waals surface area contributed by atoms with Gasteiger partial charge in [0.1, 0.15) is 0 Å². The number of ether oxygens (including phenoxy) is 1. The Hall–Kier alpha value is -1.36. The van der Waals surface area contributed by atoms with Crippen LogP contribution in [0.1, 0.15) is 23.1 Å². The smallest absolute Gasteiger partial charge is 0.358 e. The van der Waals surface area contributed by atoms with Crippen LogP contribution in [0.3, 0.4) is 0 Å². The van der Waals surface area contributed by atoms with Crippen LogP contribution < -0.4 is 0 Å². The molecule has 14 heavy (non-hydrogen) atoms. The molecule has 78 valence electrons. The number of nitrogens with zero attached hydrogens (tertiary/aromatic N) is 2. The van der Waals surface area contributed by atoms with Crippen molar-refractivity contribution in [1.82, 2.24) is 9.78 Å². The number of rotatable bonds is 3. The van der Waals surface area contributed by atoms with Gasteiger partial charge in [-0.1, -0.05) is 0 Å². The topological polar surface area (TPSA) is 64.3 Å². The largest absolute Gasteiger partial charge is 0.464 e. The van der Waals surface area contributed by atoms with Crippen LogP contribution in [0.5, 0.6) is 0 Å². The molecule has 0 aliphatic rings. The number of hydrogen-bond donors (Lipinski definition) is 1. The van der Waals surface area contributed by atoms with E-state index in [9.17, 15) is 9.90 Å². The van der Waals surface area contributed by atoms with E-state index in [1.807, 2.05) is 0 Å². The van der Waals surface area contributed by atoms with E-state index in [2.05, 4.69) is 9.84 Å². The van der Waals surface area contributed by atoms with E-state index in [1.54, 1.807) is 24.7 Å². The lowest BCUT2D eigenvalue weighted by Crippen LogP contribution is -2.08. The Morgan fingerprint density at radius 2 is 2.43 bits per heavy atom. The molecule has 0 radical (unpaired) electrons. The van der Waals surface area contributed by atoms with Crippen LogP contribution in [0.4, 0.5) is 0 Å². The Balaban J connectivity index is 2.87. The van der Waals surface area contributed by atoms with Gasteiger partial charge in [0.15, 0.2) is 5.69 Å². The molecule has 0 aliphatic carbocycles. The molecule has 1 aromatic heterocycles. The molecule has 1 rings (SSSR count). The van der Waals surface area contributed by atoms with Crippen molar-refractivity contribution in [3.63, 3.8) is 0 Å². The normalized spacial score (nSPS) is 12.6. The van der Waals surface area contributed by atoms with Crippen molar-refractivity contribution in [3.8, 4) is 0 Å². The van der Waals surface area contributed by atoms with Gasteiger partial charge in [-0.3, -0.25) is 4.68 Å². The second-order valence-corrected chi connectivity index (χ2v) is 3.19. The summed E-state index contributed by atoms with van der Waals surface area (Å²) in [6, 6.07) is 1.62. The Morgan fingerprint density at radius 1 is 1.79 bits per heavy atom. The predicted octanol–water partition coefficient (Wildman–Crippen LogP) is 0.130. The minimum atomic E-state index is -0.461. The van der Waals surface area contributed by atoms with Crippen LogP contribution in [0.2, 0.25) is 0 Å². The van der Waals surface area contributed by atoms with Crippen molar-refractivity contribution in [2.45, 2.75) is 19.4 Å². The van der Waals surface area contributed by atoms with Gasteiger partial charge in [0, 0.05) is 19.2 Å². The predicted molar refractivity (Wildman–Crippen MR) is 49.9 cm³/mol. The number of aliphatic hydroxyl groups is 1. The van der Waals surface area contributed by atoms with Gasteiger partial charge in [0.25, 0.3) is 0 Å². The van der Waals surface area contributed by atoms with Crippen molar-refractivity contribution < 1.29 is 14.6 Å². The maximum absolute atomic E-state index is 11.1. The second kappa shape index (κ2) is 4.23. The molecule has 5 nitrogen and oxygen atoms in total. The molecule has 0 spiro atoms. The van der Waals surface area contributed by atoms with Gasteiger partial charge in [-0.2, -0.15) is 5.10 Å². The van der Waals surface area contributed by atoms with E-state index in [0.717, 1.165) is 5.69 Å². The molecule has 0 unspecified atom stereocenters. The summed E-state index contributed by atoms with van der Waals surface area (Å²) in [5, 5.41) is 13.1. The van der Waals surface area contributed by atoms with Gasteiger partial charge in [-0.15, -0.1) is 0 Å². The van der Waals surface area contributed by atoms with Crippen molar-refractivity contribution in [2.75, 3.05) is 7.11 Å². The zero-order chi connectivity index (χ0) is 10.7. The highest BCUT2D eigenvalue weighted by Crippen LogP contribution is 2.06. The lowest BCUT2D eigenvalue weighted by molar-refractivity contribution is 0.0593.